The highest BCUT2D eigenvalue weighted by atomic mass is 32.2. The Balaban J connectivity index is 1.67. The average Bonchev–Trinajstić information content (AvgIpc) is 2.82. The van der Waals surface area contributed by atoms with Crippen LogP contribution in [0.2, 0.25) is 0 Å². The molecule has 2 aromatic rings. The van der Waals surface area contributed by atoms with Gasteiger partial charge < -0.3 is 4.74 Å². The van der Waals surface area contributed by atoms with Crippen molar-refractivity contribution in [3.63, 3.8) is 0 Å². The van der Waals surface area contributed by atoms with Crippen molar-refractivity contribution in [2.75, 3.05) is 13.7 Å². The van der Waals surface area contributed by atoms with Gasteiger partial charge in [-0.05, 0) is 29.7 Å². The van der Waals surface area contributed by atoms with E-state index in [0.717, 1.165) is 16.9 Å². The minimum Gasteiger partial charge on any atom is -0.497 e. The maximum atomic E-state index is 12.3. The highest BCUT2D eigenvalue weighted by Gasteiger charge is 2.35. The molecule has 2 aromatic carbocycles. The van der Waals surface area contributed by atoms with Crippen LogP contribution >= 0.6 is 0 Å². The molecule has 0 spiro atoms. The van der Waals surface area contributed by atoms with Crippen molar-refractivity contribution in [3.8, 4) is 5.75 Å². The first-order chi connectivity index (χ1) is 11.1. The number of nitrogens with one attached hydrogen (secondary N) is 1. The smallest absolute Gasteiger partial charge is 0.280 e. The SMILES string of the molecule is COc1ccc(CN2C[C@H](Cc3ccccc3)NS2(=O)=O)cc1. The normalized spacial score (nSPS) is 20.5. The van der Waals surface area contributed by atoms with E-state index in [4.69, 9.17) is 4.74 Å². The van der Waals surface area contributed by atoms with Gasteiger partial charge in [0.2, 0.25) is 0 Å². The van der Waals surface area contributed by atoms with E-state index in [0.29, 0.717) is 19.5 Å². The van der Waals surface area contributed by atoms with E-state index in [1.165, 1.54) is 4.31 Å². The van der Waals surface area contributed by atoms with Gasteiger partial charge in [-0.15, -0.1) is 0 Å². The Labute approximate surface area is 137 Å². The van der Waals surface area contributed by atoms with E-state index in [9.17, 15) is 8.42 Å². The van der Waals surface area contributed by atoms with Gasteiger partial charge in [0.15, 0.2) is 0 Å². The van der Waals surface area contributed by atoms with Crippen LogP contribution in [0.15, 0.2) is 54.6 Å². The Morgan fingerprint density at radius 3 is 2.43 bits per heavy atom. The lowest BCUT2D eigenvalue weighted by atomic mass is 10.1. The standard InChI is InChI=1S/C17H20N2O3S/c1-22-17-9-7-15(8-10-17)12-19-13-16(18-23(19,20)21)11-14-5-3-2-4-6-14/h2-10,16,18H,11-13H2,1H3/t16-/m0/s1. The lowest BCUT2D eigenvalue weighted by Gasteiger charge is -2.13. The van der Waals surface area contributed by atoms with Crippen molar-refractivity contribution < 1.29 is 13.2 Å². The zero-order valence-electron chi connectivity index (χ0n) is 13.0. The van der Waals surface area contributed by atoms with E-state index >= 15 is 0 Å². The van der Waals surface area contributed by atoms with Gasteiger partial charge in [-0.1, -0.05) is 42.5 Å². The van der Waals surface area contributed by atoms with E-state index in [2.05, 4.69) is 4.72 Å². The maximum Gasteiger partial charge on any atom is 0.280 e. The molecule has 1 aliphatic heterocycles. The highest BCUT2D eigenvalue weighted by Crippen LogP contribution is 2.19. The molecule has 0 bridgehead atoms. The fraction of sp³-hybridized carbons (Fsp3) is 0.294. The molecule has 23 heavy (non-hydrogen) atoms. The van der Waals surface area contributed by atoms with Crippen LogP contribution in [0.1, 0.15) is 11.1 Å². The van der Waals surface area contributed by atoms with Gasteiger partial charge in [0, 0.05) is 19.1 Å². The quantitative estimate of drug-likeness (QED) is 0.910. The van der Waals surface area contributed by atoms with Crippen LogP contribution in [0, 0.1) is 0 Å². The summed E-state index contributed by atoms with van der Waals surface area (Å²) in [6, 6.07) is 17.3. The lowest BCUT2D eigenvalue weighted by molar-refractivity contribution is 0.411. The molecule has 1 heterocycles. The molecule has 1 aliphatic rings. The Kier molecular flexibility index (Phi) is 4.66. The highest BCUT2D eigenvalue weighted by molar-refractivity contribution is 7.87. The molecular formula is C17H20N2O3S. The summed E-state index contributed by atoms with van der Waals surface area (Å²) in [6.45, 7) is 0.841. The minimum atomic E-state index is -3.42. The monoisotopic (exact) mass is 332 g/mol. The van der Waals surface area contributed by atoms with E-state index in [1.54, 1.807) is 7.11 Å². The van der Waals surface area contributed by atoms with Gasteiger partial charge in [0.25, 0.3) is 10.2 Å². The number of nitrogens with zero attached hydrogens (tertiary/aromatic N) is 1. The first-order valence-electron chi connectivity index (χ1n) is 7.51. The molecule has 1 saturated heterocycles. The number of hydrogen-bond acceptors (Lipinski definition) is 3. The zero-order valence-corrected chi connectivity index (χ0v) is 13.8. The summed E-state index contributed by atoms with van der Waals surface area (Å²) in [5, 5.41) is 0. The summed E-state index contributed by atoms with van der Waals surface area (Å²) in [6.07, 6.45) is 0.694. The summed E-state index contributed by atoms with van der Waals surface area (Å²) >= 11 is 0. The van der Waals surface area contributed by atoms with Crippen molar-refractivity contribution in [1.29, 1.82) is 0 Å². The molecule has 5 nitrogen and oxygen atoms in total. The minimum absolute atomic E-state index is 0.0966. The van der Waals surface area contributed by atoms with Crippen LogP contribution in [-0.2, 0) is 23.2 Å². The second kappa shape index (κ2) is 6.70. The molecule has 0 saturated carbocycles. The lowest BCUT2D eigenvalue weighted by Crippen LogP contribution is -2.30. The van der Waals surface area contributed by atoms with Crippen LogP contribution in [0.4, 0.5) is 0 Å². The predicted molar refractivity (Wildman–Crippen MR) is 89.4 cm³/mol. The first-order valence-corrected chi connectivity index (χ1v) is 8.95. The summed E-state index contributed by atoms with van der Waals surface area (Å²) < 4.78 is 33.9. The first kappa shape index (κ1) is 16.0. The van der Waals surface area contributed by atoms with Crippen LogP contribution in [0.25, 0.3) is 0 Å². The van der Waals surface area contributed by atoms with Crippen LogP contribution < -0.4 is 9.46 Å². The predicted octanol–water partition coefficient (Wildman–Crippen LogP) is 1.96. The second-order valence-electron chi connectivity index (χ2n) is 5.65. The number of hydrogen-bond donors (Lipinski definition) is 1. The Morgan fingerprint density at radius 2 is 1.78 bits per heavy atom. The second-order valence-corrected chi connectivity index (χ2v) is 7.35. The molecule has 0 aliphatic carbocycles. The van der Waals surface area contributed by atoms with E-state index in [1.807, 2.05) is 54.6 Å². The van der Waals surface area contributed by atoms with Gasteiger partial charge >= 0.3 is 0 Å². The van der Waals surface area contributed by atoms with Gasteiger partial charge in [-0.25, -0.2) is 0 Å². The third-order valence-corrected chi connectivity index (χ3v) is 5.51. The van der Waals surface area contributed by atoms with Crippen molar-refractivity contribution in [2.45, 2.75) is 19.0 Å². The Morgan fingerprint density at radius 1 is 1.09 bits per heavy atom. The van der Waals surface area contributed by atoms with Crippen LogP contribution in [0.3, 0.4) is 0 Å². The number of rotatable bonds is 5. The number of benzene rings is 2. The largest absolute Gasteiger partial charge is 0.497 e. The van der Waals surface area contributed by atoms with Crippen LogP contribution in [-0.4, -0.2) is 32.4 Å². The molecule has 0 aromatic heterocycles. The molecule has 3 rings (SSSR count). The van der Waals surface area contributed by atoms with Crippen molar-refractivity contribution >= 4 is 10.2 Å². The molecule has 122 valence electrons. The van der Waals surface area contributed by atoms with Crippen molar-refractivity contribution in [3.05, 3.63) is 65.7 Å². The molecule has 1 N–H and O–H groups in total. The van der Waals surface area contributed by atoms with Gasteiger partial charge in [0.05, 0.1) is 7.11 Å². The molecule has 0 unspecified atom stereocenters. The maximum absolute atomic E-state index is 12.3. The van der Waals surface area contributed by atoms with Crippen molar-refractivity contribution in [1.82, 2.24) is 9.03 Å². The molecule has 0 amide bonds. The molecule has 1 atom stereocenters. The Bertz CT molecular complexity index is 745. The summed E-state index contributed by atoms with van der Waals surface area (Å²) in [7, 11) is -1.81. The summed E-state index contributed by atoms with van der Waals surface area (Å²) in [5.41, 5.74) is 2.07. The van der Waals surface area contributed by atoms with Crippen LogP contribution in [0.5, 0.6) is 5.75 Å². The summed E-state index contributed by atoms with van der Waals surface area (Å²) in [5.74, 6) is 0.762. The average molecular weight is 332 g/mol. The fourth-order valence-electron chi connectivity index (χ4n) is 2.76. The van der Waals surface area contributed by atoms with Gasteiger partial charge in [0.1, 0.15) is 5.75 Å². The van der Waals surface area contributed by atoms with Gasteiger partial charge in [-0.3, -0.25) is 0 Å². The van der Waals surface area contributed by atoms with E-state index in [-0.39, 0.29) is 6.04 Å². The third kappa shape index (κ3) is 3.90. The number of ether oxygens (including phenoxy) is 1. The van der Waals surface area contributed by atoms with Gasteiger partial charge in [-0.2, -0.15) is 17.4 Å². The molecule has 1 fully saturated rings. The van der Waals surface area contributed by atoms with Crippen molar-refractivity contribution in [2.24, 2.45) is 0 Å². The third-order valence-electron chi connectivity index (χ3n) is 3.92. The fourth-order valence-corrected chi connectivity index (χ4v) is 4.18. The molecule has 6 heteroatoms. The Hall–Kier alpha value is -1.89. The summed E-state index contributed by atoms with van der Waals surface area (Å²) in [4.78, 5) is 0. The molecular weight excluding hydrogens is 312 g/mol. The topological polar surface area (TPSA) is 58.6 Å². The molecule has 0 radical (unpaired) electrons. The number of methoxy groups -OCH3 is 1. The zero-order chi connectivity index (χ0) is 16.3. The van der Waals surface area contributed by atoms with E-state index < -0.39 is 10.2 Å².